The number of hydrogen-bond acceptors (Lipinski definition) is 4. The van der Waals surface area contributed by atoms with Gasteiger partial charge in [0, 0.05) is 44.4 Å². The summed E-state index contributed by atoms with van der Waals surface area (Å²) in [6.07, 6.45) is 5.31. The minimum absolute atomic E-state index is 0.237. The average Bonchev–Trinajstić information content (AvgIpc) is 2.75. The summed E-state index contributed by atoms with van der Waals surface area (Å²) in [4.78, 5) is 15.8. The van der Waals surface area contributed by atoms with Crippen LogP contribution in [0.2, 0.25) is 0 Å². The van der Waals surface area contributed by atoms with Crippen molar-refractivity contribution in [3.05, 3.63) is 35.9 Å². The molecule has 0 bridgehead atoms. The van der Waals surface area contributed by atoms with E-state index in [0.29, 0.717) is 18.8 Å². The van der Waals surface area contributed by atoms with Gasteiger partial charge >= 0.3 is 6.03 Å². The van der Waals surface area contributed by atoms with Gasteiger partial charge in [-0.15, -0.1) is 0 Å². The molecule has 0 radical (unpaired) electrons. The first-order valence-electron chi connectivity index (χ1n) is 6.76. The minimum atomic E-state index is -0.237. The molecule has 3 N–H and O–H groups in total. The average molecular weight is 288 g/mol. The molecule has 7 nitrogen and oxygen atoms in total. The van der Waals surface area contributed by atoms with Gasteiger partial charge in [0.15, 0.2) is 0 Å². The number of aromatic nitrogens is 3. The van der Waals surface area contributed by atoms with Crippen LogP contribution in [-0.4, -0.2) is 33.9 Å². The third kappa shape index (κ3) is 4.20. The molecule has 0 atom stereocenters. The SMILES string of the molecule is Cc1cnccc1NCCNC(=O)Nc1cn(C)nc1C. The summed E-state index contributed by atoms with van der Waals surface area (Å²) in [6.45, 7) is 5.00. The zero-order chi connectivity index (χ0) is 15.2. The summed E-state index contributed by atoms with van der Waals surface area (Å²) in [7, 11) is 1.82. The van der Waals surface area contributed by atoms with Crippen molar-refractivity contribution in [1.82, 2.24) is 20.1 Å². The Hall–Kier alpha value is -2.57. The van der Waals surface area contributed by atoms with Gasteiger partial charge in [-0.2, -0.15) is 5.10 Å². The molecule has 0 fully saturated rings. The molecular formula is C14H20N6O. The van der Waals surface area contributed by atoms with Gasteiger partial charge < -0.3 is 16.0 Å². The fourth-order valence-corrected chi connectivity index (χ4v) is 1.93. The molecule has 0 aliphatic heterocycles. The zero-order valence-corrected chi connectivity index (χ0v) is 12.5. The van der Waals surface area contributed by atoms with Crippen molar-refractivity contribution in [2.24, 2.45) is 7.05 Å². The Balaban J connectivity index is 1.72. The molecule has 7 heteroatoms. The molecule has 112 valence electrons. The van der Waals surface area contributed by atoms with Crippen LogP contribution in [0, 0.1) is 13.8 Å². The number of nitrogens with zero attached hydrogens (tertiary/aromatic N) is 3. The predicted octanol–water partition coefficient (Wildman–Crippen LogP) is 1.67. The van der Waals surface area contributed by atoms with Gasteiger partial charge in [0.2, 0.25) is 0 Å². The van der Waals surface area contributed by atoms with Crippen LogP contribution in [0.15, 0.2) is 24.7 Å². The van der Waals surface area contributed by atoms with E-state index in [-0.39, 0.29) is 6.03 Å². The van der Waals surface area contributed by atoms with E-state index in [4.69, 9.17) is 0 Å². The minimum Gasteiger partial charge on any atom is -0.383 e. The number of urea groups is 1. The zero-order valence-electron chi connectivity index (χ0n) is 12.5. The standard InChI is InChI=1S/C14H20N6O/c1-10-8-15-5-4-12(10)16-6-7-17-14(21)18-13-9-20(3)19-11(13)2/h4-5,8-9H,6-7H2,1-3H3,(H,15,16)(H2,17,18,21). The fraction of sp³-hybridized carbons (Fsp3) is 0.357. The summed E-state index contributed by atoms with van der Waals surface area (Å²) >= 11 is 0. The third-order valence-electron chi connectivity index (χ3n) is 3.01. The van der Waals surface area contributed by atoms with Gasteiger partial charge in [-0.3, -0.25) is 9.67 Å². The number of hydrogen-bond donors (Lipinski definition) is 3. The Labute approximate surface area is 123 Å². The van der Waals surface area contributed by atoms with Crippen molar-refractivity contribution in [2.75, 3.05) is 23.7 Å². The van der Waals surface area contributed by atoms with E-state index >= 15 is 0 Å². The van der Waals surface area contributed by atoms with E-state index in [1.807, 2.05) is 27.0 Å². The number of aryl methyl sites for hydroxylation is 3. The van der Waals surface area contributed by atoms with Crippen LogP contribution in [-0.2, 0) is 7.05 Å². The molecule has 2 rings (SSSR count). The Morgan fingerprint density at radius 3 is 2.76 bits per heavy atom. The molecule has 2 aromatic heterocycles. The van der Waals surface area contributed by atoms with Crippen LogP contribution in [0.5, 0.6) is 0 Å². The van der Waals surface area contributed by atoms with E-state index in [2.05, 4.69) is 26.0 Å². The van der Waals surface area contributed by atoms with Gasteiger partial charge in [0.05, 0.1) is 11.4 Å². The number of pyridine rings is 1. The number of anilines is 2. The van der Waals surface area contributed by atoms with Crippen molar-refractivity contribution >= 4 is 17.4 Å². The van der Waals surface area contributed by atoms with Crippen LogP contribution in [0.1, 0.15) is 11.3 Å². The number of amides is 2. The maximum Gasteiger partial charge on any atom is 0.319 e. The second kappa shape index (κ2) is 6.74. The topological polar surface area (TPSA) is 83.9 Å². The maximum atomic E-state index is 11.8. The van der Waals surface area contributed by atoms with Gasteiger partial charge in [-0.25, -0.2) is 4.79 Å². The quantitative estimate of drug-likeness (QED) is 0.731. The second-order valence-corrected chi connectivity index (χ2v) is 4.80. The van der Waals surface area contributed by atoms with Crippen LogP contribution in [0.3, 0.4) is 0 Å². The number of rotatable bonds is 5. The van der Waals surface area contributed by atoms with E-state index in [1.165, 1.54) is 0 Å². The summed E-state index contributed by atoms with van der Waals surface area (Å²) in [5.41, 5.74) is 3.61. The van der Waals surface area contributed by atoms with Crippen LogP contribution in [0.4, 0.5) is 16.2 Å². The highest BCUT2D eigenvalue weighted by atomic mass is 16.2. The molecule has 0 unspecified atom stereocenters. The van der Waals surface area contributed by atoms with Crippen LogP contribution >= 0.6 is 0 Å². The number of nitrogens with one attached hydrogen (secondary N) is 3. The molecule has 2 amide bonds. The molecule has 2 aromatic rings. The first kappa shape index (κ1) is 14.8. The second-order valence-electron chi connectivity index (χ2n) is 4.80. The molecule has 0 saturated carbocycles. The summed E-state index contributed by atoms with van der Waals surface area (Å²) < 4.78 is 1.67. The van der Waals surface area contributed by atoms with Crippen molar-refractivity contribution in [2.45, 2.75) is 13.8 Å². The predicted molar refractivity (Wildman–Crippen MR) is 82.4 cm³/mol. The van der Waals surface area contributed by atoms with E-state index in [9.17, 15) is 4.79 Å². The van der Waals surface area contributed by atoms with E-state index < -0.39 is 0 Å². The maximum absolute atomic E-state index is 11.8. The van der Waals surface area contributed by atoms with E-state index in [0.717, 1.165) is 16.9 Å². The highest BCUT2D eigenvalue weighted by Gasteiger charge is 2.06. The summed E-state index contributed by atoms with van der Waals surface area (Å²) in [5.74, 6) is 0. The fourth-order valence-electron chi connectivity index (χ4n) is 1.93. The summed E-state index contributed by atoms with van der Waals surface area (Å²) in [5, 5.41) is 13.0. The Morgan fingerprint density at radius 1 is 1.29 bits per heavy atom. The first-order chi connectivity index (χ1) is 10.1. The smallest absolute Gasteiger partial charge is 0.319 e. The van der Waals surface area contributed by atoms with Crippen LogP contribution < -0.4 is 16.0 Å². The molecule has 21 heavy (non-hydrogen) atoms. The third-order valence-corrected chi connectivity index (χ3v) is 3.01. The molecule has 0 aromatic carbocycles. The largest absolute Gasteiger partial charge is 0.383 e. The molecule has 0 spiro atoms. The molecule has 0 aliphatic rings. The monoisotopic (exact) mass is 288 g/mol. The normalized spacial score (nSPS) is 10.2. The lowest BCUT2D eigenvalue weighted by Gasteiger charge is -2.10. The molecular weight excluding hydrogens is 268 g/mol. The Morgan fingerprint density at radius 2 is 2.10 bits per heavy atom. The number of carbonyl (C=O) groups excluding carboxylic acids is 1. The van der Waals surface area contributed by atoms with Crippen molar-refractivity contribution in [1.29, 1.82) is 0 Å². The van der Waals surface area contributed by atoms with E-state index in [1.54, 1.807) is 23.3 Å². The lowest BCUT2D eigenvalue weighted by atomic mass is 10.2. The summed E-state index contributed by atoms with van der Waals surface area (Å²) in [6, 6.07) is 1.67. The molecule has 0 aliphatic carbocycles. The lowest BCUT2D eigenvalue weighted by Crippen LogP contribution is -2.32. The van der Waals surface area contributed by atoms with Crippen LogP contribution in [0.25, 0.3) is 0 Å². The van der Waals surface area contributed by atoms with Crippen molar-refractivity contribution < 1.29 is 4.79 Å². The van der Waals surface area contributed by atoms with Gasteiger partial charge in [0.25, 0.3) is 0 Å². The highest BCUT2D eigenvalue weighted by molar-refractivity contribution is 5.89. The van der Waals surface area contributed by atoms with Crippen molar-refractivity contribution in [3.63, 3.8) is 0 Å². The first-order valence-corrected chi connectivity index (χ1v) is 6.76. The van der Waals surface area contributed by atoms with Gasteiger partial charge in [0.1, 0.15) is 0 Å². The number of carbonyl (C=O) groups is 1. The van der Waals surface area contributed by atoms with Gasteiger partial charge in [-0.1, -0.05) is 0 Å². The molecule has 0 saturated heterocycles. The van der Waals surface area contributed by atoms with Gasteiger partial charge in [-0.05, 0) is 25.5 Å². The Kier molecular flexibility index (Phi) is 4.76. The lowest BCUT2D eigenvalue weighted by molar-refractivity contribution is 0.252. The Bertz CT molecular complexity index is 622. The molecule has 2 heterocycles. The van der Waals surface area contributed by atoms with Crippen molar-refractivity contribution in [3.8, 4) is 0 Å². The highest BCUT2D eigenvalue weighted by Crippen LogP contribution is 2.11.